The Hall–Kier alpha value is -1.26. The van der Waals surface area contributed by atoms with E-state index >= 15 is 0 Å². The highest BCUT2D eigenvalue weighted by Gasteiger charge is 2.23. The molecular weight excluding hydrogens is 284 g/mol. The van der Waals surface area contributed by atoms with Crippen LogP contribution in [0.3, 0.4) is 0 Å². The van der Waals surface area contributed by atoms with Gasteiger partial charge in [-0.25, -0.2) is 0 Å². The highest BCUT2D eigenvalue weighted by molar-refractivity contribution is 7.12. The van der Waals surface area contributed by atoms with Crippen molar-refractivity contribution in [2.75, 3.05) is 0 Å². The van der Waals surface area contributed by atoms with Crippen molar-refractivity contribution in [1.82, 2.24) is 0 Å². The summed E-state index contributed by atoms with van der Waals surface area (Å²) >= 11 is 3.48. The standard InChI is InChI=1S/C16H18N2S2/c1-2-8-16(18-12-14-6-4-10-20-14)15(7-1)17-11-13-5-3-9-19-13/h3-6,9-12,15-16H,1-2,7-8H2. The molecule has 104 valence electrons. The van der Waals surface area contributed by atoms with Gasteiger partial charge in [0.05, 0.1) is 12.1 Å². The van der Waals surface area contributed by atoms with Gasteiger partial charge in [-0.3, -0.25) is 9.98 Å². The zero-order valence-electron chi connectivity index (χ0n) is 11.3. The summed E-state index contributed by atoms with van der Waals surface area (Å²) in [6, 6.07) is 9.06. The average Bonchev–Trinajstić information content (AvgIpc) is 3.17. The third-order valence-electron chi connectivity index (χ3n) is 3.57. The number of rotatable bonds is 4. The highest BCUT2D eigenvalue weighted by Crippen LogP contribution is 2.24. The maximum Gasteiger partial charge on any atom is 0.0723 e. The van der Waals surface area contributed by atoms with Crippen molar-refractivity contribution in [3.63, 3.8) is 0 Å². The number of hydrogen-bond acceptors (Lipinski definition) is 4. The van der Waals surface area contributed by atoms with E-state index in [0.717, 1.165) is 12.8 Å². The molecule has 0 N–H and O–H groups in total. The second-order valence-electron chi connectivity index (χ2n) is 5.01. The third kappa shape index (κ3) is 3.64. The first-order valence-corrected chi connectivity index (χ1v) is 8.81. The van der Waals surface area contributed by atoms with Crippen LogP contribution in [0.2, 0.25) is 0 Å². The Labute approximate surface area is 127 Å². The molecule has 2 heterocycles. The molecular formula is C16H18N2S2. The highest BCUT2D eigenvalue weighted by atomic mass is 32.1. The number of nitrogens with zero attached hydrogens (tertiary/aromatic N) is 2. The van der Waals surface area contributed by atoms with Gasteiger partial charge >= 0.3 is 0 Å². The van der Waals surface area contributed by atoms with Gasteiger partial charge in [0.25, 0.3) is 0 Å². The second kappa shape index (κ2) is 6.95. The molecule has 0 amide bonds. The van der Waals surface area contributed by atoms with E-state index < -0.39 is 0 Å². The molecule has 2 nitrogen and oxygen atoms in total. The fourth-order valence-electron chi connectivity index (χ4n) is 2.51. The van der Waals surface area contributed by atoms with E-state index in [1.807, 2.05) is 12.4 Å². The molecule has 3 rings (SSSR count). The van der Waals surface area contributed by atoms with Crippen LogP contribution in [0, 0.1) is 0 Å². The lowest BCUT2D eigenvalue weighted by molar-refractivity contribution is 0.390. The predicted molar refractivity (Wildman–Crippen MR) is 89.9 cm³/mol. The Kier molecular flexibility index (Phi) is 4.77. The van der Waals surface area contributed by atoms with E-state index in [-0.39, 0.29) is 0 Å². The van der Waals surface area contributed by atoms with Crippen molar-refractivity contribution in [1.29, 1.82) is 0 Å². The minimum atomic E-state index is 0.349. The van der Waals surface area contributed by atoms with Crippen LogP contribution in [0.1, 0.15) is 35.4 Å². The van der Waals surface area contributed by atoms with Gasteiger partial charge in [0.15, 0.2) is 0 Å². The molecule has 2 atom stereocenters. The summed E-state index contributed by atoms with van der Waals surface area (Å²) < 4.78 is 0. The monoisotopic (exact) mass is 302 g/mol. The summed E-state index contributed by atoms with van der Waals surface area (Å²) in [7, 11) is 0. The lowest BCUT2D eigenvalue weighted by Crippen LogP contribution is -2.27. The zero-order chi connectivity index (χ0) is 13.6. The molecule has 0 saturated heterocycles. The lowest BCUT2D eigenvalue weighted by Gasteiger charge is -2.25. The molecule has 1 aliphatic carbocycles. The van der Waals surface area contributed by atoms with Crippen molar-refractivity contribution >= 4 is 35.1 Å². The third-order valence-corrected chi connectivity index (χ3v) is 5.18. The molecule has 0 bridgehead atoms. The second-order valence-corrected chi connectivity index (χ2v) is 6.96. The summed E-state index contributed by atoms with van der Waals surface area (Å²) in [5.74, 6) is 0. The normalized spacial score (nSPS) is 23.8. The molecule has 0 radical (unpaired) electrons. The largest absolute Gasteiger partial charge is 0.286 e. The first-order valence-electron chi connectivity index (χ1n) is 7.05. The van der Waals surface area contributed by atoms with Gasteiger partial charge in [0, 0.05) is 22.2 Å². The maximum absolute atomic E-state index is 4.78. The van der Waals surface area contributed by atoms with Crippen molar-refractivity contribution in [2.45, 2.75) is 37.8 Å². The molecule has 20 heavy (non-hydrogen) atoms. The van der Waals surface area contributed by atoms with Crippen LogP contribution in [-0.2, 0) is 0 Å². The minimum Gasteiger partial charge on any atom is -0.286 e. The summed E-state index contributed by atoms with van der Waals surface area (Å²) in [4.78, 5) is 12.0. The Bertz CT molecular complexity index is 503. The number of aliphatic imine (C=N–C) groups is 2. The van der Waals surface area contributed by atoms with Crippen LogP contribution in [0.25, 0.3) is 0 Å². The Balaban J connectivity index is 1.67. The van der Waals surface area contributed by atoms with Gasteiger partial charge in [-0.15, -0.1) is 22.7 Å². The summed E-state index contributed by atoms with van der Waals surface area (Å²) in [5, 5.41) is 4.18. The van der Waals surface area contributed by atoms with E-state index in [9.17, 15) is 0 Å². The van der Waals surface area contributed by atoms with Crippen molar-refractivity contribution in [3.8, 4) is 0 Å². The van der Waals surface area contributed by atoms with E-state index in [1.54, 1.807) is 22.7 Å². The van der Waals surface area contributed by atoms with E-state index in [4.69, 9.17) is 9.98 Å². The molecule has 2 aromatic heterocycles. The van der Waals surface area contributed by atoms with Crippen molar-refractivity contribution in [3.05, 3.63) is 44.8 Å². The SMILES string of the molecule is C(=NC1CCCCC1N=Cc1cccs1)c1cccs1. The van der Waals surface area contributed by atoms with Gasteiger partial charge in [-0.05, 0) is 35.7 Å². The molecule has 2 aromatic rings. The Morgan fingerprint density at radius 2 is 1.35 bits per heavy atom. The summed E-state index contributed by atoms with van der Waals surface area (Å²) in [6.45, 7) is 0. The molecule has 2 unspecified atom stereocenters. The van der Waals surface area contributed by atoms with Crippen LogP contribution in [0.4, 0.5) is 0 Å². The number of hydrogen-bond donors (Lipinski definition) is 0. The van der Waals surface area contributed by atoms with E-state index in [0.29, 0.717) is 12.1 Å². The van der Waals surface area contributed by atoms with Gasteiger partial charge in [0.1, 0.15) is 0 Å². The van der Waals surface area contributed by atoms with Crippen molar-refractivity contribution in [2.24, 2.45) is 9.98 Å². The van der Waals surface area contributed by atoms with E-state index in [1.165, 1.54) is 22.6 Å². The maximum atomic E-state index is 4.78. The lowest BCUT2D eigenvalue weighted by atomic mass is 9.91. The predicted octanol–water partition coefficient (Wildman–Crippen LogP) is 4.66. The fourth-order valence-corrected chi connectivity index (χ4v) is 3.69. The van der Waals surface area contributed by atoms with Gasteiger partial charge < -0.3 is 0 Å². The Morgan fingerprint density at radius 3 is 1.75 bits per heavy atom. The molecule has 1 fully saturated rings. The zero-order valence-corrected chi connectivity index (χ0v) is 12.9. The molecule has 1 saturated carbocycles. The smallest absolute Gasteiger partial charge is 0.0723 e. The minimum absolute atomic E-state index is 0.349. The molecule has 0 aliphatic heterocycles. The topological polar surface area (TPSA) is 24.7 Å². The fraction of sp³-hybridized carbons (Fsp3) is 0.375. The molecule has 1 aliphatic rings. The van der Waals surface area contributed by atoms with Crippen LogP contribution in [0.5, 0.6) is 0 Å². The molecule has 0 aromatic carbocycles. The average molecular weight is 302 g/mol. The summed E-state index contributed by atoms with van der Waals surface area (Å²) in [6.07, 6.45) is 8.92. The van der Waals surface area contributed by atoms with Gasteiger partial charge in [-0.2, -0.15) is 0 Å². The molecule has 4 heteroatoms. The van der Waals surface area contributed by atoms with Crippen LogP contribution in [-0.4, -0.2) is 24.5 Å². The first kappa shape index (κ1) is 13.7. The Morgan fingerprint density at radius 1 is 0.850 bits per heavy atom. The van der Waals surface area contributed by atoms with Crippen LogP contribution >= 0.6 is 22.7 Å². The number of thiophene rings is 2. The quantitative estimate of drug-likeness (QED) is 0.734. The van der Waals surface area contributed by atoms with Crippen molar-refractivity contribution < 1.29 is 0 Å². The van der Waals surface area contributed by atoms with Gasteiger partial charge in [0.2, 0.25) is 0 Å². The van der Waals surface area contributed by atoms with Crippen LogP contribution in [0.15, 0.2) is 45.0 Å². The van der Waals surface area contributed by atoms with Crippen LogP contribution < -0.4 is 0 Å². The summed E-state index contributed by atoms with van der Waals surface area (Å²) in [5.41, 5.74) is 0. The van der Waals surface area contributed by atoms with E-state index in [2.05, 4.69) is 35.0 Å². The molecule has 0 spiro atoms. The first-order chi connectivity index (χ1) is 9.92. The van der Waals surface area contributed by atoms with Gasteiger partial charge in [-0.1, -0.05) is 25.0 Å².